The van der Waals surface area contributed by atoms with Crippen LogP contribution in [-0.4, -0.2) is 0 Å². The van der Waals surface area contributed by atoms with Gasteiger partial charge < -0.3 is 5.73 Å². The number of nitrogens with two attached hydrogens (primary N) is 1. The molecule has 0 aliphatic heterocycles. The van der Waals surface area contributed by atoms with Gasteiger partial charge >= 0.3 is 6.18 Å². The van der Waals surface area contributed by atoms with Crippen molar-refractivity contribution >= 4 is 0 Å². The molecule has 90 valence electrons. The van der Waals surface area contributed by atoms with Crippen LogP contribution >= 0.6 is 0 Å². The molecule has 0 unspecified atom stereocenters. The quantitative estimate of drug-likeness (QED) is 0.843. The van der Waals surface area contributed by atoms with Gasteiger partial charge in [-0.2, -0.15) is 13.2 Å². The topological polar surface area (TPSA) is 26.0 Å². The molecule has 1 rings (SSSR count). The summed E-state index contributed by atoms with van der Waals surface area (Å²) >= 11 is 0. The van der Waals surface area contributed by atoms with E-state index < -0.39 is 17.3 Å². The molecule has 0 saturated carbocycles. The first-order valence-electron chi connectivity index (χ1n) is 5.30. The highest BCUT2D eigenvalue weighted by molar-refractivity contribution is 5.35. The van der Waals surface area contributed by atoms with Crippen molar-refractivity contribution in [1.82, 2.24) is 0 Å². The summed E-state index contributed by atoms with van der Waals surface area (Å²) in [6, 6.07) is 5.54. The van der Waals surface area contributed by atoms with E-state index in [9.17, 15) is 13.2 Å². The molecule has 0 heterocycles. The Morgan fingerprint density at radius 2 is 1.44 bits per heavy atom. The molecule has 1 nitrogen and oxygen atoms in total. The molecule has 4 heteroatoms. The van der Waals surface area contributed by atoms with Crippen molar-refractivity contribution < 1.29 is 13.2 Å². The van der Waals surface area contributed by atoms with Crippen molar-refractivity contribution in [2.24, 2.45) is 5.73 Å². The molecule has 0 atom stereocenters. The zero-order valence-electron chi connectivity index (χ0n) is 9.43. The van der Waals surface area contributed by atoms with Crippen molar-refractivity contribution in [3.63, 3.8) is 0 Å². The molecule has 0 aromatic heterocycles. The molecule has 1 aromatic carbocycles. The Hall–Kier alpha value is -1.03. The average Bonchev–Trinajstić information content (AvgIpc) is 2.27. The first-order chi connectivity index (χ1) is 7.35. The molecule has 2 N–H and O–H groups in total. The smallest absolute Gasteiger partial charge is 0.321 e. The molecule has 0 aliphatic carbocycles. The van der Waals surface area contributed by atoms with Crippen molar-refractivity contribution in [3.8, 4) is 0 Å². The Labute approximate surface area is 93.5 Å². The van der Waals surface area contributed by atoms with Crippen LogP contribution < -0.4 is 5.73 Å². The average molecular weight is 231 g/mol. The van der Waals surface area contributed by atoms with E-state index in [2.05, 4.69) is 0 Å². The maximum atomic E-state index is 12.8. The summed E-state index contributed by atoms with van der Waals surface area (Å²) in [5.41, 5.74) is 4.68. The van der Waals surface area contributed by atoms with E-state index in [0.29, 0.717) is 12.8 Å². The Kier molecular flexibility index (Phi) is 3.63. The Morgan fingerprint density at radius 1 is 1.00 bits per heavy atom. The second-order valence-electron chi connectivity index (χ2n) is 3.91. The van der Waals surface area contributed by atoms with Crippen LogP contribution in [0.4, 0.5) is 13.2 Å². The van der Waals surface area contributed by atoms with E-state index in [1.54, 1.807) is 19.9 Å². The Balaban J connectivity index is 3.34. The summed E-state index contributed by atoms with van der Waals surface area (Å²) in [6.07, 6.45) is -3.38. The van der Waals surface area contributed by atoms with Gasteiger partial charge in [-0.05, 0) is 24.5 Å². The zero-order valence-corrected chi connectivity index (χ0v) is 9.43. The van der Waals surface area contributed by atoms with Crippen molar-refractivity contribution in [3.05, 3.63) is 35.4 Å². The molecular formula is C12H16F3N. The highest BCUT2D eigenvalue weighted by atomic mass is 19.4. The lowest BCUT2D eigenvalue weighted by molar-refractivity contribution is -0.138. The molecular weight excluding hydrogens is 215 g/mol. The van der Waals surface area contributed by atoms with E-state index in [1.807, 2.05) is 0 Å². The van der Waals surface area contributed by atoms with Gasteiger partial charge in [-0.25, -0.2) is 0 Å². The zero-order chi connectivity index (χ0) is 12.4. The number of rotatable bonds is 3. The van der Waals surface area contributed by atoms with Crippen LogP contribution in [0.2, 0.25) is 0 Å². The predicted octanol–water partition coefficient (Wildman–Crippen LogP) is 3.68. The van der Waals surface area contributed by atoms with Crippen molar-refractivity contribution in [2.45, 2.75) is 38.4 Å². The molecule has 0 bridgehead atoms. The fourth-order valence-electron chi connectivity index (χ4n) is 1.80. The van der Waals surface area contributed by atoms with E-state index in [-0.39, 0.29) is 5.56 Å². The van der Waals surface area contributed by atoms with Crippen LogP contribution in [0.25, 0.3) is 0 Å². The van der Waals surface area contributed by atoms with Gasteiger partial charge in [-0.3, -0.25) is 0 Å². The summed E-state index contributed by atoms with van der Waals surface area (Å²) in [6.45, 7) is 3.60. The third-order valence-corrected chi connectivity index (χ3v) is 3.03. The van der Waals surface area contributed by atoms with Gasteiger partial charge in [0.15, 0.2) is 0 Å². The number of benzene rings is 1. The summed E-state index contributed by atoms with van der Waals surface area (Å²) < 4.78 is 38.4. The maximum absolute atomic E-state index is 12.8. The summed E-state index contributed by atoms with van der Waals surface area (Å²) in [5.74, 6) is 0. The van der Waals surface area contributed by atoms with E-state index >= 15 is 0 Å². The lowest BCUT2D eigenvalue weighted by Crippen LogP contribution is -2.37. The standard InChI is InChI=1S/C12H16F3N/c1-3-11(16,4-2)9-7-5-6-8-10(9)12(13,14)15/h5-8H,3-4,16H2,1-2H3. The minimum atomic E-state index is -4.34. The summed E-state index contributed by atoms with van der Waals surface area (Å²) in [7, 11) is 0. The largest absolute Gasteiger partial charge is 0.416 e. The lowest BCUT2D eigenvalue weighted by Gasteiger charge is -2.30. The van der Waals surface area contributed by atoms with Crippen molar-refractivity contribution in [1.29, 1.82) is 0 Å². The number of hydrogen-bond donors (Lipinski definition) is 1. The Morgan fingerprint density at radius 3 is 1.81 bits per heavy atom. The molecule has 0 saturated heterocycles. The Bertz CT molecular complexity index is 354. The highest BCUT2D eigenvalue weighted by Crippen LogP contribution is 2.37. The monoisotopic (exact) mass is 231 g/mol. The van der Waals surface area contributed by atoms with Gasteiger partial charge in [0.1, 0.15) is 0 Å². The van der Waals surface area contributed by atoms with E-state index in [0.717, 1.165) is 6.07 Å². The fourth-order valence-corrected chi connectivity index (χ4v) is 1.80. The van der Waals surface area contributed by atoms with E-state index in [1.165, 1.54) is 12.1 Å². The van der Waals surface area contributed by atoms with Crippen LogP contribution in [0, 0.1) is 0 Å². The molecule has 0 aliphatic rings. The minimum Gasteiger partial charge on any atom is -0.321 e. The number of hydrogen-bond acceptors (Lipinski definition) is 1. The van der Waals surface area contributed by atoms with Gasteiger partial charge in [-0.15, -0.1) is 0 Å². The van der Waals surface area contributed by atoms with E-state index in [4.69, 9.17) is 5.73 Å². The third-order valence-electron chi connectivity index (χ3n) is 3.03. The normalized spacial score (nSPS) is 12.9. The predicted molar refractivity (Wildman–Crippen MR) is 57.9 cm³/mol. The summed E-state index contributed by atoms with van der Waals surface area (Å²) in [5, 5.41) is 0. The van der Waals surface area contributed by atoms with Gasteiger partial charge in [0, 0.05) is 5.54 Å². The van der Waals surface area contributed by atoms with Crippen LogP contribution in [0.15, 0.2) is 24.3 Å². The second-order valence-corrected chi connectivity index (χ2v) is 3.91. The molecule has 0 radical (unpaired) electrons. The minimum absolute atomic E-state index is 0.188. The number of alkyl halides is 3. The SMILES string of the molecule is CCC(N)(CC)c1ccccc1C(F)(F)F. The van der Waals surface area contributed by atoms with Crippen LogP contribution in [-0.2, 0) is 11.7 Å². The fraction of sp³-hybridized carbons (Fsp3) is 0.500. The molecule has 0 fully saturated rings. The van der Waals surface area contributed by atoms with Crippen LogP contribution in [0.5, 0.6) is 0 Å². The van der Waals surface area contributed by atoms with Gasteiger partial charge in [-0.1, -0.05) is 32.0 Å². The second kappa shape index (κ2) is 4.45. The number of halogens is 3. The molecule has 1 aromatic rings. The molecule has 0 amide bonds. The maximum Gasteiger partial charge on any atom is 0.416 e. The molecule has 0 spiro atoms. The van der Waals surface area contributed by atoms with Gasteiger partial charge in [0.25, 0.3) is 0 Å². The van der Waals surface area contributed by atoms with Crippen LogP contribution in [0.1, 0.15) is 37.8 Å². The van der Waals surface area contributed by atoms with Crippen molar-refractivity contribution in [2.75, 3.05) is 0 Å². The van der Waals surface area contributed by atoms with Crippen LogP contribution in [0.3, 0.4) is 0 Å². The first-order valence-corrected chi connectivity index (χ1v) is 5.30. The summed E-state index contributed by atoms with van der Waals surface area (Å²) in [4.78, 5) is 0. The first kappa shape index (κ1) is 13.0. The van der Waals surface area contributed by atoms with Gasteiger partial charge in [0.05, 0.1) is 5.56 Å². The third kappa shape index (κ3) is 2.38. The highest BCUT2D eigenvalue weighted by Gasteiger charge is 2.38. The lowest BCUT2D eigenvalue weighted by atomic mass is 9.83. The van der Waals surface area contributed by atoms with Gasteiger partial charge in [0.2, 0.25) is 0 Å². The molecule has 16 heavy (non-hydrogen) atoms.